The molecule has 3 aromatic carbocycles. The van der Waals surface area contributed by atoms with Crippen LogP contribution in [0.4, 0.5) is 0 Å². The lowest BCUT2D eigenvalue weighted by Gasteiger charge is -2.32. The molecule has 3 nitrogen and oxygen atoms in total. The first kappa shape index (κ1) is 21.6. The number of hydrogen-bond donors (Lipinski definition) is 2. The van der Waals surface area contributed by atoms with Crippen LogP contribution in [-0.2, 0) is 6.54 Å². The molecule has 4 atom stereocenters. The van der Waals surface area contributed by atoms with E-state index in [0.717, 1.165) is 26.1 Å². The monoisotopic (exact) mass is 428 g/mol. The zero-order chi connectivity index (χ0) is 21.9. The minimum absolute atomic E-state index is 0.141. The molecule has 2 N–H and O–H groups in total. The number of rotatable bonds is 6. The van der Waals surface area contributed by atoms with E-state index in [1.54, 1.807) is 0 Å². The van der Waals surface area contributed by atoms with Crippen molar-refractivity contribution in [2.45, 2.75) is 69.7 Å². The van der Waals surface area contributed by atoms with E-state index in [1.807, 2.05) is 0 Å². The first-order valence-corrected chi connectivity index (χ1v) is 12.4. The van der Waals surface area contributed by atoms with Crippen molar-refractivity contribution >= 4 is 10.8 Å². The zero-order valence-electron chi connectivity index (χ0n) is 19.2. The van der Waals surface area contributed by atoms with Crippen LogP contribution < -0.4 is 5.32 Å². The van der Waals surface area contributed by atoms with E-state index in [9.17, 15) is 5.11 Å². The number of nitrogens with zero attached hydrogens (tertiary/aromatic N) is 1. The number of aliphatic hydroxyl groups is 1. The molecule has 0 bridgehead atoms. The largest absolute Gasteiger partial charge is 0.392 e. The third-order valence-electron chi connectivity index (χ3n) is 7.55. The predicted molar refractivity (Wildman–Crippen MR) is 133 cm³/mol. The van der Waals surface area contributed by atoms with Crippen molar-refractivity contribution < 1.29 is 5.11 Å². The summed E-state index contributed by atoms with van der Waals surface area (Å²) in [6.07, 6.45) is 5.83. The van der Waals surface area contributed by atoms with Gasteiger partial charge in [0, 0.05) is 31.7 Å². The lowest BCUT2D eigenvalue weighted by atomic mass is 9.80. The van der Waals surface area contributed by atoms with Gasteiger partial charge in [-0.3, -0.25) is 4.90 Å². The van der Waals surface area contributed by atoms with Crippen molar-refractivity contribution in [3.8, 4) is 0 Å². The first-order chi connectivity index (χ1) is 15.7. The number of β-amino-alcohol motifs (C(OH)–C–C–N with tert-alkyl or cyclic N) is 1. The van der Waals surface area contributed by atoms with Gasteiger partial charge in [-0.15, -0.1) is 0 Å². The molecule has 0 amide bonds. The predicted octanol–water partition coefficient (Wildman–Crippen LogP) is 5.78. The van der Waals surface area contributed by atoms with Gasteiger partial charge < -0.3 is 10.4 Å². The lowest BCUT2D eigenvalue weighted by molar-refractivity contribution is 0.175. The van der Waals surface area contributed by atoms with Crippen LogP contribution >= 0.6 is 0 Å². The van der Waals surface area contributed by atoms with Gasteiger partial charge in [0.2, 0.25) is 0 Å². The third-order valence-corrected chi connectivity index (χ3v) is 7.55. The maximum atomic E-state index is 9.76. The van der Waals surface area contributed by atoms with Gasteiger partial charge >= 0.3 is 0 Å². The smallest absolute Gasteiger partial charge is 0.0679 e. The van der Waals surface area contributed by atoms with Crippen LogP contribution in [0, 0.1) is 0 Å². The Morgan fingerprint density at radius 3 is 2.59 bits per heavy atom. The van der Waals surface area contributed by atoms with Crippen LogP contribution in [0.15, 0.2) is 66.7 Å². The average molecular weight is 429 g/mol. The van der Waals surface area contributed by atoms with E-state index in [4.69, 9.17) is 0 Å². The molecule has 3 unspecified atom stereocenters. The second-order valence-electron chi connectivity index (χ2n) is 9.94. The van der Waals surface area contributed by atoms with Gasteiger partial charge in [0.05, 0.1) is 6.10 Å². The number of likely N-dealkylation sites (tertiary alicyclic amines) is 1. The molecule has 2 aliphatic rings. The highest BCUT2D eigenvalue weighted by Gasteiger charge is 2.25. The highest BCUT2D eigenvalue weighted by Crippen LogP contribution is 2.35. The van der Waals surface area contributed by atoms with Crippen molar-refractivity contribution in [1.82, 2.24) is 10.2 Å². The van der Waals surface area contributed by atoms with Gasteiger partial charge in [-0.25, -0.2) is 0 Å². The molecular weight excluding hydrogens is 392 g/mol. The average Bonchev–Trinajstić information content (AvgIpc) is 3.23. The van der Waals surface area contributed by atoms with Gasteiger partial charge in [0.15, 0.2) is 0 Å². The van der Waals surface area contributed by atoms with E-state index < -0.39 is 0 Å². The number of fused-ring (bicyclic) bond motifs is 1. The van der Waals surface area contributed by atoms with Crippen molar-refractivity contribution in [1.29, 1.82) is 0 Å². The molecule has 5 rings (SSSR count). The summed E-state index contributed by atoms with van der Waals surface area (Å²) in [5.74, 6) is 0.642. The highest BCUT2D eigenvalue weighted by molar-refractivity contribution is 5.86. The quantitative estimate of drug-likeness (QED) is 0.522. The van der Waals surface area contributed by atoms with Gasteiger partial charge in [0.1, 0.15) is 0 Å². The molecule has 32 heavy (non-hydrogen) atoms. The van der Waals surface area contributed by atoms with Gasteiger partial charge in [0.25, 0.3) is 0 Å². The van der Waals surface area contributed by atoms with Crippen molar-refractivity contribution in [3.63, 3.8) is 0 Å². The van der Waals surface area contributed by atoms with Crippen molar-refractivity contribution in [2.75, 3.05) is 13.1 Å². The van der Waals surface area contributed by atoms with Crippen LogP contribution in [0.1, 0.15) is 67.7 Å². The molecule has 1 saturated carbocycles. The first-order valence-electron chi connectivity index (χ1n) is 12.4. The topological polar surface area (TPSA) is 35.5 Å². The van der Waals surface area contributed by atoms with E-state index in [1.165, 1.54) is 53.1 Å². The second kappa shape index (κ2) is 9.74. The van der Waals surface area contributed by atoms with Crippen LogP contribution in [-0.4, -0.2) is 35.2 Å². The Labute approximate surface area is 192 Å². The molecule has 168 valence electrons. The summed E-state index contributed by atoms with van der Waals surface area (Å²) in [5.41, 5.74) is 4.25. The third kappa shape index (κ3) is 4.91. The SMILES string of the molecule is C[C@@H](NC1CCCC(c2ccc(CN3CCC(O)C3)cc2)C1)c1cccc2ccccc12. The molecule has 0 spiro atoms. The van der Waals surface area contributed by atoms with Gasteiger partial charge in [-0.05, 0) is 66.0 Å². The molecule has 1 aliphatic carbocycles. The summed E-state index contributed by atoms with van der Waals surface area (Å²) < 4.78 is 0. The molecule has 3 aromatic rings. The van der Waals surface area contributed by atoms with Gasteiger partial charge in [-0.1, -0.05) is 73.2 Å². The van der Waals surface area contributed by atoms with Crippen LogP contribution in [0.25, 0.3) is 10.8 Å². The van der Waals surface area contributed by atoms with Crippen molar-refractivity contribution in [2.24, 2.45) is 0 Å². The molecule has 0 radical (unpaired) electrons. The Hall–Kier alpha value is -2.20. The Morgan fingerprint density at radius 1 is 0.969 bits per heavy atom. The molecule has 1 saturated heterocycles. The minimum atomic E-state index is -0.141. The van der Waals surface area contributed by atoms with E-state index >= 15 is 0 Å². The van der Waals surface area contributed by atoms with E-state index in [-0.39, 0.29) is 6.10 Å². The minimum Gasteiger partial charge on any atom is -0.392 e. The standard InChI is InChI=1S/C29H36N2O/c1-21(28-11-5-7-24-6-2-3-10-29(24)28)30-26-9-4-8-25(18-26)23-14-12-22(13-15-23)19-31-17-16-27(32)20-31/h2-3,5-7,10-15,21,25-27,30,32H,4,8-9,16-20H2,1H3/t21-,25?,26?,27?/m1/s1. The number of aliphatic hydroxyl groups excluding tert-OH is 1. The van der Waals surface area contributed by atoms with Crippen LogP contribution in [0.5, 0.6) is 0 Å². The molecule has 2 fully saturated rings. The molecule has 1 heterocycles. The molecule has 1 aliphatic heterocycles. The van der Waals surface area contributed by atoms with E-state index in [0.29, 0.717) is 18.0 Å². The number of benzene rings is 3. The fraction of sp³-hybridized carbons (Fsp3) is 0.448. The normalized spacial score (nSPS) is 25.2. The maximum Gasteiger partial charge on any atom is 0.0679 e. The Morgan fingerprint density at radius 2 is 1.78 bits per heavy atom. The summed E-state index contributed by atoms with van der Waals surface area (Å²) in [5, 5.41) is 16.4. The number of hydrogen-bond acceptors (Lipinski definition) is 3. The van der Waals surface area contributed by atoms with Gasteiger partial charge in [-0.2, -0.15) is 0 Å². The van der Waals surface area contributed by atoms with Crippen molar-refractivity contribution in [3.05, 3.63) is 83.4 Å². The zero-order valence-corrected chi connectivity index (χ0v) is 19.2. The maximum absolute atomic E-state index is 9.76. The van der Waals surface area contributed by atoms with Crippen LogP contribution in [0.2, 0.25) is 0 Å². The highest BCUT2D eigenvalue weighted by atomic mass is 16.3. The molecule has 3 heteroatoms. The Balaban J connectivity index is 1.21. The summed E-state index contributed by atoms with van der Waals surface area (Å²) in [6.45, 7) is 5.09. The summed E-state index contributed by atoms with van der Waals surface area (Å²) in [4.78, 5) is 2.36. The molecule has 0 aromatic heterocycles. The Kier molecular flexibility index (Phi) is 6.59. The summed E-state index contributed by atoms with van der Waals surface area (Å²) in [7, 11) is 0. The summed E-state index contributed by atoms with van der Waals surface area (Å²) >= 11 is 0. The summed E-state index contributed by atoms with van der Waals surface area (Å²) in [6, 6.07) is 25.6. The second-order valence-corrected chi connectivity index (χ2v) is 9.94. The lowest BCUT2D eigenvalue weighted by Crippen LogP contribution is -2.35. The number of nitrogens with one attached hydrogen (secondary N) is 1. The fourth-order valence-corrected chi connectivity index (χ4v) is 5.82. The van der Waals surface area contributed by atoms with E-state index in [2.05, 4.69) is 83.9 Å². The fourth-order valence-electron chi connectivity index (χ4n) is 5.82. The molecular formula is C29H36N2O. The Bertz CT molecular complexity index is 1030. The van der Waals surface area contributed by atoms with Crippen LogP contribution in [0.3, 0.4) is 0 Å².